The molecule has 202 valence electrons. The van der Waals surface area contributed by atoms with E-state index >= 15 is 0 Å². The maximum atomic E-state index is 14.2. The number of nitrogens with one attached hydrogen (secondary N) is 1. The Kier molecular flexibility index (Phi) is 9.84. The van der Waals surface area contributed by atoms with Gasteiger partial charge in [0.05, 0.1) is 12.3 Å². The first kappa shape index (κ1) is 28.6. The first-order valence-electron chi connectivity index (χ1n) is 12.7. The molecule has 3 aromatic rings. The van der Waals surface area contributed by atoms with Crippen molar-refractivity contribution >= 4 is 40.6 Å². The number of rotatable bonds is 12. The normalized spacial score (nSPS) is 11.7. The quantitative estimate of drug-likeness (QED) is 0.314. The Balaban J connectivity index is 2.20. The van der Waals surface area contributed by atoms with E-state index in [0.717, 1.165) is 23.5 Å². The minimum Gasteiger partial charge on any atom is -0.494 e. The van der Waals surface area contributed by atoms with Crippen molar-refractivity contribution in [3.63, 3.8) is 0 Å². The third-order valence-corrected chi connectivity index (χ3v) is 6.89. The van der Waals surface area contributed by atoms with Crippen LogP contribution in [0.1, 0.15) is 71.4 Å². The van der Waals surface area contributed by atoms with Crippen LogP contribution in [0.4, 0.5) is 11.4 Å². The molecular formula is C28H35N5O4S. The van der Waals surface area contributed by atoms with Crippen molar-refractivity contribution in [3.05, 3.63) is 70.2 Å². The van der Waals surface area contributed by atoms with E-state index in [9.17, 15) is 14.4 Å². The van der Waals surface area contributed by atoms with Crippen LogP contribution in [0.25, 0.3) is 0 Å². The number of carbonyl (C=O) groups excluding carboxylic acids is 3. The van der Waals surface area contributed by atoms with E-state index in [1.807, 2.05) is 32.0 Å². The molecule has 38 heavy (non-hydrogen) atoms. The molecule has 0 saturated carbocycles. The SMILES string of the molecule is CCOc1ccc(C(C(=O)NCCC(C)C)N(C(=O)c2snc(C(N)=O)c2N)c2ccccc2CC)cc1. The van der Waals surface area contributed by atoms with Gasteiger partial charge in [-0.25, -0.2) is 0 Å². The minimum absolute atomic E-state index is 0.0376. The molecule has 1 atom stereocenters. The lowest BCUT2D eigenvalue weighted by molar-refractivity contribution is -0.122. The Morgan fingerprint density at radius 2 is 1.76 bits per heavy atom. The van der Waals surface area contributed by atoms with E-state index in [0.29, 0.717) is 42.5 Å². The summed E-state index contributed by atoms with van der Waals surface area (Å²) in [6.07, 6.45) is 1.40. The molecule has 0 fully saturated rings. The molecule has 1 unspecified atom stereocenters. The number of nitrogen functional groups attached to an aromatic ring is 1. The lowest BCUT2D eigenvalue weighted by atomic mass is 10.00. The number of ether oxygens (including phenoxy) is 1. The molecule has 0 bridgehead atoms. The van der Waals surface area contributed by atoms with Crippen LogP contribution in [0.5, 0.6) is 5.75 Å². The maximum Gasteiger partial charge on any atom is 0.273 e. The van der Waals surface area contributed by atoms with Crippen LogP contribution in [0.3, 0.4) is 0 Å². The molecule has 3 amide bonds. The van der Waals surface area contributed by atoms with Crippen LogP contribution in [0.15, 0.2) is 48.5 Å². The lowest BCUT2D eigenvalue weighted by Gasteiger charge is -2.33. The van der Waals surface area contributed by atoms with Crippen LogP contribution < -0.4 is 26.4 Å². The number of carbonyl (C=O) groups is 3. The summed E-state index contributed by atoms with van der Waals surface area (Å²) in [6.45, 7) is 8.97. The Morgan fingerprint density at radius 1 is 1.08 bits per heavy atom. The standard InChI is InChI=1S/C28H35N5O4S/c1-5-18-9-7-8-10-21(18)33(28(36)25-22(29)23(26(30)34)32-38-25)24(27(35)31-16-15-17(3)4)19-11-13-20(14-12-19)37-6-2/h7-14,17,24H,5-6,15-16,29H2,1-4H3,(H2,30,34)(H,31,35). The number of hydrogen-bond acceptors (Lipinski definition) is 7. The van der Waals surface area contributed by atoms with Gasteiger partial charge in [-0.3, -0.25) is 19.3 Å². The molecule has 2 aromatic carbocycles. The highest BCUT2D eigenvalue weighted by molar-refractivity contribution is 7.09. The monoisotopic (exact) mass is 537 g/mol. The fraction of sp³-hybridized carbons (Fsp3) is 0.357. The van der Waals surface area contributed by atoms with Crippen LogP contribution in [0, 0.1) is 5.92 Å². The number of aryl methyl sites for hydroxylation is 1. The molecule has 5 N–H and O–H groups in total. The first-order chi connectivity index (χ1) is 18.2. The van der Waals surface area contributed by atoms with Gasteiger partial charge < -0.3 is 21.5 Å². The van der Waals surface area contributed by atoms with Gasteiger partial charge in [-0.15, -0.1) is 0 Å². The van der Waals surface area contributed by atoms with E-state index in [1.165, 1.54) is 4.90 Å². The second-order valence-corrected chi connectivity index (χ2v) is 9.95. The highest BCUT2D eigenvalue weighted by Crippen LogP contribution is 2.35. The Hall–Kier alpha value is -3.92. The fourth-order valence-corrected chi connectivity index (χ4v) is 4.80. The fourth-order valence-electron chi connectivity index (χ4n) is 4.06. The number of aromatic nitrogens is 1. The molecule has 9 nitrogen and oxygen atoms in total. The Labute approximate surface area is 227 Å². The van der Waals surface area contributed by atoms with Gasteiger partial charge in [-0.05, 0) is 66.5 Å². The van der Waals surface area contributed by atoms with Gasteiger partial charge in [0.1, 0.15) is 16.7 Å². The van der Waals surface area contributed by atoms with Crippen LogP contribution in [0.2, 0.25) is 0 Å². The van der Waals surface area contributed by atoms with Crippen molar-refractivity contribution in [1.82, 2.24) is 9.69 Å². The number of anilines is 2. The van der Waals surface area contributed by atoms with Crippen molar-refractivity contribution in [1.29, 1.82) is 0 Å². The van der Waals surface area contributed by atoms with Crippen LogP contribution in [-0.2, 0) is 11.2 Å². The number of nitrogens with two attached hydrogens (primary N) is 2. The zero-order chi connectivity index (χ0) is 27.8. The summed E-state index contributed by atoms with van der Waals surface area (Å²) in [4.78, 5) is 41.3. The van der Waals surface area contributed by atoms with Gasteiger partial charge in [0.25, 0.3) is 11.8 Å². The molecular weight excluding hydrogens is 502 g/mol. The third kappa shape index (κ3) is 6.49. The van der Waals surface area contributed by atoms with E-state index in [-0.39, 0.29) is 22.2 Å². The molecule has 1 heterocycles. The molecule has 1 aromatic heterocycles. The first-order valence-corrected chi connectivity index (χ1v) is 13.4. The zero-order valence-electron chi connectivity index (χ0n) is 22.2. The second-order valence-electron chi connectivity index (χ2n) is 9.17. The van der Waals surface area contributed by atoms with E-state index in [2.05, 4.69) is 23.5 Å². The van der Waals surface area contributed by atoms with Gasteiger partial charge in [-0.1, -0.05) is 51.1 Å². The van der Waals surface area contributed by atoms with Crippen molar-refractivity contribution in [2.24, 2.45) is 11.7 Å². The smallest absolute Gasteiger partial charge is 0.273 e. The van der Waals surface area contributed by atoms with Gasteiger partial charge in [-0.2, -0.15) is 4.37 Å². The van der Waals surface area contributed by atoms with Gasteiger partial charge in [0, 0.05) is 12.2 Å². The van der Waals surface area contributed by atoms with Crippen molar-refractivity contribution in [3.8, 4) is 5.75 Å². The Morgan fingerprint density at radius 3 is 2.34 bits per heavy atom. The van der Waals surface area contributed by atoms with Crippen LogP contribution in [-0.4, -0.2) is 35.2 Å². The molecule has 3 rings (SSSR count). The molecule has 0 saturated heterocycles. The number of primary amides is 1. The summed E-state index contributed by atoms with van der Waals surface area (Å²) in [5.74, 6) is -0.673. The van der Waals surface area contributed by atoms with Gasteiger partial charge >= 0.3 is 0 Å². The summed E-state index contributed by atoms with van der Waals surface area (Å²) in [7, 11) is 0. The zero-order valence-corrected chi connectivity index (χ0v) is 23.0. The average molecular weight is 538 g/mol. The molecule has 10 heteroatoms. The van der Waals surface area contributed by atoms with E-state index < -0.39 is 17.9 Å². The summed E-state index contributed by atoms with van der Waals surface area (Å²) >= 11 is 0.785. The minimum atomic E-state index is -1.03. The summed E-state index contributed by atoms with van der Waals surface area (Å²) in [5.41, 5.74) is 13.3. The number of para-hydroxylation sites is 1. The topological polar surface area (TPSA) is 141 Å². The molecule has 0 radical (unpaired) electrons. The second kappa shape index (κ2) is 13.0. The third-order valence-electron chi connectivity index (χ3n) is 6.04. The summed E-state index contributed by atoms with van der Waals surface area (Å²) in [5, 5.41) is 3.00. The molecule has 0 aliphatic heterocycles. The predicted octanol–water partition coefficient (Wildman–Crippen LogP) is 4.34. The van der Waals surface area contributed by atoms with Crippen molar-refractivity contribution in [2.45, 2.75) is 46.6 Å². The number of hydrogen-bond donors (Lipinski definition) is 3. The highest BCUT2D eigenvalue weighted by atomic mass is 32.1. The lowest BCUT2D eigenvalue weighted by Crippen LogP contribution is -2.44. The number of amides is 3. The van der Waals surface area contributed by atoms with E-state index in [1.54, 1.807) is 30.3 Å². The van der Waals surface area contributed by atoms with Crippen molar-refractivity contribution in [2.75, 3.05) is 23.8 Å². The van der Waals surface area contributed by atoms with Crippen LogP contribution >= 0.6 is 11.5 Å². The summed E-state index contributed by atoms with van der Waals surface area (Å²) < 4.78 is 9.59. The summed E-state index contributed by atoms with van der Waals surface area (Å²) in [6, 6.07) is 13.5. The molecule has 0 spiro atoms. The maximum absolute atomic E-state index is 14.2. The van der Waals surface area contributed by atoms with Crippen molar-refractivity contribution < 1.29 is 19.1 Å². The van der Waals surface area contributed by atoms with Gasteiger partial charge in [0.15, 0.2) is 5.69 Å². The largest absolute Gasteiger partial charge is 0.494 e. The van der Waals surface area contributed by atoms with E-state index in [4.69, 9.17) is 16.2 Å². The predicted molar refractivity (Wildman–Crippen MR) is 150 cm³/mol. The highest BCUT2D eigenvalue weighted by Gasteiger charge is 2.36. The molecule has 0 aliphatic carbocycles. The number of nitrogens with zero attached hydrogens (tertiary/aromatic N) is 2. The number of benzene rings is 2. The Bertz CT molecular complexity index is 1270. The van der Waals surface area contributed by atoms with Gasteiger partial charge in [0.2, 0.25) is 5.91 Å². The average Bonchev–Trinajstić information content (AvgIpc) is 3.29. The molecule has 0 aliphatic rings.